The molecule has 2 amide bonds. The largest absolute Gasteiger partial charge is 0.478 e. The van der Waals surface area contributed by atoms with Crippen LogP contribution in [0.4, 0.5) is 4.79 Å². The molecular weight excluding hydrogens is 268 g/mol. The summed E-state index contributed by atoms with van der Waals surface area (Å²) in [5, 5.41) is 14.5. The molecule has 0 saturated heterocycles. The average Bonchev–Trinajstić information content (AvgIpc) is 2.43. The zero-order valence-corrected chi connectivity index (χ0v) is 12.8. The Bertz CT molecular complexity index is 469. The van der Waals surface area contributed by atoms with Gasteiger partial charge in [0.05, 0.1) is 5.56 Å². The number of urea groups is 1. The number of hydrogen-bond donors (Lipinski definition) is 3. The molecule has 0 aliphatic rings. The molecule has 1 rings (SSSR count). The summed E-state index contributed by atoms with van der Waals surface area (Å²) in [6.45, 7) is 6.69. The van der Waals surface area contributed by atoms with Crippen molar-refractivity contribution in [1.29, 1.82) is 0 Å². The lowest BCUT2D eigenvalue weighted by Crippen LogP contribution is -2.40. The number of rotatable bonds is 7. The van der Waals surface area contributed by atoms with Gasteiger partial charge in [-0.1, -0.05) is 26.0 Å². The molecular formula is C16H24N2O3. The summed E-state index contributed by atoms with van der Waals surface area (Å²) in [5.74, 6) is -0.323. The Kier molecular flexibility index (Phi) is 6.72. The Labute approximate surface area is 125 Å². The monoisotopic (exact) mass is 292 g/mol. The number of hydrogen-bond acceptors (Lipinski definition) is 2. The second kappa shape index (κ2) is 8.29. The van der Waals surface area contributed by atoms with E-state index in [2.05, 4.69) is 24.5 Å². The molecule has 0 aliphatic heterocycles. The van der Waals surface area contributed by atoms with Gasteiger partial charge in [-0.3, -0.25) is 0 Å². The molecule has 1 atom stereocenters. The van der Waals surface area contributed by atoms with E-state index < -0.39 is 5.97 Å². The van der Waals surface area contributed by atoms with Crippen LogP contribution in [0.3, 0.4) is 0 Å². The van der Waals surface area contributed by atoms with Crippen molar-refractivity contribution < 1.29 is 14.7 Å². The Morgan fingerprint density at radius 1 is 1.10 bits per heavy atom. The van der Waals surface area contributed by atoms with Crippen LogP contribution >= 0.6 is 0 Å². The third-order valence-electron chi connectivity index (χ3n) is 3.21. The van der Waals surface area contributed by atoms with Crippen molar-refractivity contribution in [3.63, 3.8) is 0 Å². The smallest absolute Gasteiger partial charge is 0.335 e. The highest BCUT2D eigenvalue weighted by Crippen LogP contribution is 2.06. The number of aromatic carboxylic acids is 1. The number of carbonyl (C=O) groups is 2. The lowest BCUT2D eigenvalue weighted by atomic mass is 10.0. The van der Waals surface area contributed by atoms with Gasteiger partial charge >= 0.3 is 12.0 Å². The highest BCUT2D eigenvalue weighted by molar-refractivity contribution is 5.87. The maximum atomic E-state index is 11.7. The van der Waals surface area contributed by atoms with Crippen molar-refractivity contribution in [3.05, 3.63) is 35.4 Å². The van der Waals surface area contributed by atoms with Crippen molar-refractivity contribution in [3.8, 4) is 0 Å². The summed E-state index contributed by atoms with van der Waals surface area (Å²) < 4.78 is 0. The van der Waals surface area contributed by atoms with Crippen molar-refractivity contribution in [1.82, 2.24) is 10.6 Å². The van der Waals surface area contributed by atoms with Crippen LogP contribution in [0.5, 0.6) is 0 Å². The Balaban J connectivity index is 2.34. The van der Waals surface area contributed by atoms with Gasteiger partial charge in [-0.15, -0.1) is 0 Å². The van der Waals surface area contributed by atoms with Gasteiger partial charge in [0.15, 0.2) is 0 Å². The molecule has 3 N–H and O–H groups in total. The van der Waals surface area contributed by atoms with E-state index in [9.17, 15) is 9.59 Å². The zero-order valence-electron chi connectivity index (χ0n) is 12.8. The molecule has 0 fully saturated rings. The standard InChI is InChI=1S/C16H24N2O3/c1-11(2)4-5-12(3)18-16(21)17-10-13-6-8-14(9-7-13)15(19)20/h6-9,11-12H,4-5,10H2,1-3H3,(H,19,20)(H2,17,18,21). The molecule has 0 bridgehead atoms. The molecule has 5 heteroatoms. The summed E-state index contributed by atoms with van der Waals surface area (Å²) >= 11 is 0. The fourth-order valence-electron chi connectivity index (χ4n) is 1.88. The van der Waals surface area contributed by atoms with Gasteiger partial charge < -0.3 is 15.7 Å². The highest BCUT2D eigenvalue weighted by atomic mass is 16.4. The van der Waals surface area contributed by atoms with Crippen LogP contribution < -0.4 is 10.6 Å². The van der Waals surface area contributed by atoms with E-state index in [-0.39, 0.29) is 17.6 Å². The molecule has 0 spiro atoms. The van der Waals surface area contributed by atoms with Crippen LogP contribution in [-0.2, 0) is 6.54 Å². The van der Waals surface area contributed by atoms with Gasteiger partial charge in [-0.05, 0) is 43.4 Å². The fraction of sp³-hybridized carbons (Fsp3) is 0.500. The lowest BCUT2D eigenvalue weighted by Gasteiger charge is -2.15. The quantitative estimate of drug-likeness (QED) is 0.723. The van der Waals surface area contributed by atoms with Crippen LogP contribution in [0.15, 0.2) is 24.3 Å². The number of amides is 2. The van der Waals surface area contributed by atoms with E-state index in [0.29, 0.717) is 12.5 Å². The van der Waals surface area contributed by atoms with Gasteiger partial charge in [0, 0.05) is 12.6 Å². The zero-order chi connectivity index (χ0) is 15.8. The minimum Gasteiger partial charge on any atom is -0.478 e. The number of benzene rings is 1. The lowest BCUT2D eigenvalue weighted by molar-refractivity contribution is 0.0697. The molecule has 0 aromatic heterocycles. The van der Waals surface area contributed by atoms with Gasteiger partial charge in [0.1, 0.15) is 0 Å². The van der Waals surface area contributed by atoms with Crippen LogP contribution in [0.1, 0.15) is 49.5 Å². The third-order valence-corrected chi connectivity index (χ3v) is 3.21. The number of nitrogens with one attached hydrogen (secondary N) is 2. The normalized spacial score (nSPS) is 12.0. The first-order valence-corrected chi connectivity index (χ1v) is 7.25. The van der Waals surface area contributed by atoms with Gasteiger partial charge in [0.2, 0.25) is 0 Å². The number of carboxylic acid groups (broad SMARTS) is 1. The van der Waals surface area contributed by atoms with E-state index >= 15 is 0 Å². The fourth-order valence-corrected chi connectivity index (χ4v) is 1.88. The second-order valence-corrected chi connectivity index (χ2v) is 5.70. The highest BCUT2D eigenvalue weighted by Gasteiger charge is 2.08. The first-order valence-electron chi connectivity index (χ1n) is 7.25. The summed E-state index contributed by atoms with van der Waals surface area (Å²) in [7, 11) is 0. The number of carbonyl (C=O) groups excluding carboxylic acids is 1. The summed E-state index contributed by atoms with van der Waals surface area (Å²) in [6.07, 6.45) is 2.04. The minimum atomic E-state index is -0.953. The average molecular weight is 292 g/mol. The molecule has 1 unspecified atom stereocenters. The predicted molar refractivity (Wildman–Crippen MR) is 82.3 cm³/mol. The summed E-state index contributed by atoms with van der Waals surface area (Å²) in [4.78, 5) is 22.5. The molecule has 21 heavy (non-hydrogen) atoms. The molecule has 5 nitrogen and oxygen atoms in total. The molecule has 0 aliphatic carbocycles. The van der Waals surface area contributed by atoms with Crippen molar-refractivity contribution in [2.75, 3.05) is 0 Å². The van der Waals surface area contributed by atoms with E-state index in [4.69, 9.17) is 5.11 Å². The topological polar surface area (TPSA) is 78.4 Å². The number of carboxylic acids is 1. The minimum absolute atomic E-state index is 0.141. The Morgan fingerprint density at radius 2 is 1.71 bits per heavy atom. The molecule has 0 radical (unpaired) electrons. The van der Waals surface area contributed by atoms with Crippen LogP contribution in [-0.4, -0.2) is 23.1 Å². The maximum absolute atomic E-state index is 11.7. The molecule has 116 valence electrons. The van der Waals surface area contributed by atoms with Gasteiger partial charge in [-0.2, -0.15) is 0 Å². The second-order valence-electron chi connectivity index (χ2n) is 5.70. The van der Waals surface area contributed by atoms with Crippen LogP contribution in [0.25, 0.3) is 0 Å². The van der Waals surface area contributed by atoms with E-state index in [1.54, 1.807) is 12.1 Å². The van der Waals surface area contributed by atoms with E-state index in [0.717, 1.165) is 18.4 Å². The molecule has 1 aromatic rings. The van der Waals surface area contributed by atoms with E-state index in [1.807, 2.05) is 6.92 Å². The Hall–Kier alpha value is -2.04. The van der Waals surface area contributed by atoms with E-state index in [1.165, 1.54) is 12.1 Å². The third kappa shape index (κ3) is 6.79. The van der Waals surface area contributed by atoms with Gasteiger partial charge in [0.25, 0.3) is 0 Å². The first kappa shape index (κ1) is 17.0. The van der Waals surface area contributed by atoms with Crippen molar-refractivity contribution in [2.45, 2.75) is 46.2 Å². The first-order chi connectivity index (χ1) is 9.88. The summed E-state index contributed by atoms with van der Waals surface area (Å²) in [6, 6.07) is 6.40. The van der Waals surface area contributed by atoms with Gasteiger partial charge in [-0.25, -0.2) is 9.59 Å². The SMILES string of the molecule is CC(C)CCC(C)NC(=O)NCc1ccc(C(=O)O)cc1. The maximum Gasteiger partial charge on any atom is 0.335 e. The molecule has 0 heterocycles. The van der Waals surface area contributed by atoms with Crippen LogP contribution in [0.2, 0.25) is 0 Å². The summed E-state index contributed by atoms with van der Waals surface area (Å²) in [5.41, 5.74) is 1.11. The predicted octanol–water partition coefficient (Wildman–Crippen LogP) is 3.01. The molecule has 0 saturated carbocycles. The van der Waals surface area contributed by atoms with Crippen molar-refractivity contribution >= 4 is 12.0 Å². The van der Waals surface area contributed by atoms with Crippen LogP contribution in [0, 0.1) is 5.92 Å². The van der Waals surface area contributed by atoms with Crippen molar-refractivity contribution in [2.24, 2.45) is 5.92 Å². The Morgan fingerprint density at radius 3 is 2.24 bits per heavy atom. The molecule has 1 aromatic carbocycles.